The van der Waals surface area contributed by atoms with Crippen LogP contribution in [0.3, 0.4) is 0 Å². The Morgan fingerprint density at radius 2 is 2.04 bits per heavy atom. The largest absolute Gasteiger partial charge is 0.387 e. The van der Waals surface area contributed by atoms with Gasteiger partial charge < -0.3 is 5.11 Å². The molecular weight excluding hydrogens is 336 g/mol. The first-order chi connectivity index (χ1) is 11.5. The summed E-state index contributed by atoms with van der Waals surface area (Å²) >= 11 is 5.68. The molecule has 4 nitrogen and oxygen atoms in total. The van der Waals surface area contributed by atoms with E-state index in [9.17, 15) is 13.9 Å². The lowest BCUT2D eigenvalue weighted by Crippen LogP contribution is -2.37. The molecule has 0 bridgehead atoms. The first kappa shape index (κ1) is 17.3. The van der Waals surface area contributed by atoms with Gasteiger partial charge in [0.25, 0.3) is 0 Å². The quantitative estimate of drug-likeness (QED) is 0.796. The lowest BCUT2D eigenvalue weighted by atomic mass is 9.95. The first-order valence-electron chi connectivity index (χ1n) is 7.96. The van der Waals surface area contributed by atoms with E-state index in [-0.39, 0.29) is 10.6 Å². The lowest BCUT2D eigenvalue weighted by molar-refractivity contribution is 0.0454. The van der Waals surface area contributed by atoms with Crippen LogP contribution in [0.5, 0.6) is 0 Å². The van der Waals surface area contributed by atoms with Gasteiger partial charge in [-0.05, 0) is 31.5 Å². The van der Waals surface area contributed by atoms with Gasteiger partial charge >= 0.3 is 0 Å². The van der Waals surface area contributed by atoms with E-state index in [1.165, 1.54) is 0 Å². The molecule has 0 saturated heterocycles. The van der Waals surface area contributed by atoms with Gasteiger partial charge in [-0.3, -0.25) is 10.00 Å². The summed E-state index contributed by atoms with van der Waals surface area (Å²) in [6.07, 6.45) is 5.07. The van der Waals surface area contributed by atoms with Crippen LogP contribution in [-0.2, 0) is 6.54 Å². The maximum absolute atomic E-state index is 14.2. The second kappa shape index (κ2) is 7.17. The fraction of sp³-hybridized carbons (Fsp3) is 0.471. The number of nitrogens with one attached hydrogen (secondary N) is 1. The molecule has 0 aliphatic heterocycles. The molecule has 3 rings (SSSR count). The van der Waals surface area contributed by atoms with Gasteiger partial charge in [0.15, 0.2) is 0 Å². The van der Waals surface area contributed by atoms with Gasteiger partial charge in [-0.25, -0.2) is 8.78 Å². The molecule has 1 aromatic heterocycles. The molecular formula is C17H20ClF2N3O. The third kappa shape index (κ3) is 3.94. The predicted molar refractivity (Wildman–Crippen MR) is 87.5 cm³/mol. The van der Waals surface area contributed by atoms with Crippen LogP contribution >= 0.6 is 11.6 Å². The van der Waals surface area contributed by atoms with Crippen molar-refractivity contribution < 1.29 is 13.9 Å². The third-order valence-corrected chi connectivity index (χ3v) is 4.75. The third-order valence-electron chi connectivity index (χ3n) is 4.53. The molecule has 7 heteroatoms. The van der Waals surface area contributed by atoms with Crippen molar-refractivity contribution in [3.8, 4) is 0 Å². The first-order valence-corrected chi connectivity index (χ1v) is 8.34. The van der Waals surface area contributed by atoms with Gasteiger partial charge in [-0.15, -0.1) is 0 Å². The fourth-order valence-corrected chi connectivity index (χ4v) is 3.23. The zero-order valence-electron chi connectivity index (χ0n) is 13.3. The van der Waals surface area contributed by atoms with E-state index < -0.39 is 23.8 Å². The van der Waals surface area contributed by atoms with Crippen molar-refractivity contribution in [2.24, 2.45) is 5.92 Å². The van der Waals surface area contributed by atoms with Gasteiger partial charge in [-0.1, -0.05) is 24.4 Å². The van der Waals surface area contributed by atoms with Crippen LogP contribution in [0.25, 0.3) is 0 Å². The van der Waals surface area contributed by atoms with E-state index in [0.717, 1.165) is 30.5 Å². The molecule has 130 valence electrons. The molecule has 1 fully saturated rings. The van der Waals surface area contributed by atoms with Gasteiger partial charge in [-0.2, -0.15) is 5.10 Å². The van der Waals surface area contributed by atoms with Crippen molar-refractivity contribution in [2.45, 2.75) is 38.0 Å². The minimum Gasteiger partial charge on any atom is -0.387 e. The van der Waals surface area contributed by atoms with E-state index in [1.54, 1.807) is 12.4 Å². The number of halogens is 3. The average molecular weight is 356 g/mol. The van der Waals surface area contributed by atoms with Crippen LogP contribution in [0.4, 0.5) is 8.78 Å². The molecule has 1 saturated carbocycles. The highest BCUT2D eigenvalue weighted by Gasteiger charge is 2.35. The van der Waals surface area contributed by atoms with Gasteiger partial charge in [0.1, 0.15) is 17.7 Å². The zero-order chi connectivity index (χ0) is 17.3. The summed E-state index contributed by atoms with van der Waals surface area (Å²) in [7, 11) is 1.84. The lowest BCUT2D eigenvalue weighted by Gasteiger charge is -2.32. The fourth-order valence-electron chi connectivity index (χ4n) is 3.04. The summed E-state index contributed by atoms with van der Waals surface area (Å²) in [4.78, 5) is 1.92. The molecule has 2 N–H and O–H groups in total. The van der Waals surface area contributed by atoms with Crippen molar-refractivity contribution in [3.05, 3.63) is 52.3 Å². The highest BCUT2D eigenvalue weighted by Crippen LogP contribution is 2.39. The molecule has 1 unspecified atom stereocenters. The Morgan fingerprint density at radius 3 is 2.58 bits per heavy atom. The Labute approximate surface area is 144 Å². The Morgan fingerprint density at radius 1 is 1.38 bits per heavy atom. The molecule has 1 aromatic carbocycles. The highest BCUT2D eigenvalue weighted by molar-refractivity contribution is 6.30. The summed E-state index contributed by atoms with van der Waals surface area (Å²) in [5, 5.41) is 17.3. The molecule has 0 spiro atoms. The Bertz CT molecular complexity index is 668. The van der Waals surface area contributed by atoms with Crippen molar-refractivity contribution in [1.82, 2.24) is 15.1 Å². The standard InChI is InChI=1S/C17H20ClF2N3O/c1-23(9-11-7-21-22-8-11)15(4-10-2-3-10)17(24)16-13(19)5-12(18)6-14(16)20/h5-8,10,15,17,24H,2-4,9H2,1H3,(H,21,22)/t15-,17?/m0/s1. The van der Waals surface area contributed by atoms with E-state index in [4.69, 9.17) is 11.6 Å². The number of aliphatic hydroxyl groups excluding tert-OH is 1. The van der Waals surface area contributed by atoms with Crippen molar-refractivity contribution >= 4 is 11.6 Å². The van der Waals surface area contributed by atoms with Crippen LogP contribution in [0, 0.1) is 17.6 Å². The van der Waals surface area contributed by atoms with Crippen molar-refractivity contribution in [2.75, 3.05) is 7.05 Å². The second-order valence-electron chi connectivity index (χ2n) is 6.50. The topological polar surface area (TPSA) is 52.2 Å². The average Bonchev–Trinajstić information content (AvgIpc) is 3.18. The monoisotopic (exact) mass is 355 g/mol. The number of rotatable bonds is 7. The Hall–Kier alpha value is -1.50. The normalized spacial score (nSPS) is 17.2. The van der Waals surface area contributed by atoms with Gasteiger partial charge in [0.05, 0.1) is 11.8 Å². The van der Waals surface area contributed by atoms with E-state index in [1.807, 2.05) is 11.9 Å². The second-order valence-corrected chi connectivity index (χ2v) is 6.93. The smallest absolute Gasteiger partial charge is 0.133 e. The minimum atomic E-state index is -1.26. The molecule has 1 aliphatic rings. The maximum Gasteiger partial charge on any atom is 0.133 e. The zero-order valence-corrected chi connectivity index (χ0v) is 14.1. The van der Waals surface area contributed by atoms with Crippen LogP contribution in [0.1, 0.15) is 36.5 Å². The maximum atomic E-state index is 14.2. The van der Waals surface area contributed by atoms with Crippen LogP contribution in [-0.4, -0.2) is 33.3 Å². The summed E-state index contributed by atoms with van der Waals surface area (Å²) in [5.41, 5.74) is 0.631. The van der Waals surface area contributed by atoms with Crippen LogP contribution in [0.15, 0.2) is 24.5 Å². The summed E-state index contributed by atoms with van der Waals surface area (Å²) in [6.45, 7) is 0.530. The molecule has 2 aromatic rings. The van der Waals surface area contributed by atoms with Gasteiger partial charge in [0, 0.05) is 29.4 Å². The summed E-state index contributed by atoms with van der Waals surface area (Å²) in [5.74, 6) is -1.13. The van der Waals surface area contributed by atoms with E-state index >= 15 is 0 Å². The van der Waals surface area contributed by atoms with Crippen molar-refractivity contribution in [1.29, 1.82) is 0 Å². The number of aromatic amines is 1. The Balaban J connectivity index is 1.84. The van der Waals surface area contributed by atoms with Crippen molar-refractivity contribution in [3.63, 3.8) is 0 Å². The number of hydrogen-bond acceptors (Lipinski definition) is 3. The number of nitrogens with zero attached hydrogens (tertiary/aromatic N) is 2. The molecule has 1 aliphatic carbocycles. The molecule has 1 heterocycles. The van der Waals surface area contributed by atoms with Crippen LogP contribution in [0.2, 0.25) is 5.02 Å². The molecule has 24 heavy (non-hydrogen) atoms. The number of aliphatic hydroxyl groups is 1. The number of aromatic nitrogens is 2. The summed E-state index contributed by atoms with van der Waals surface area (Å²) < 4.78 is 28.4. The highest BCUT2D eigenvalue weighted by atomic mass is 35.5. The predicted octanol–water partition coefficient (Wildman–Crippen LogP) is 3.68. The molecule has 0 radical (unpaired) electrons. The van der Waals surface area contributed by atoms with Gasteiger partial charge in [0.2, 0.25) is 0 Å². The Kier molecular flexibility index (Phi) is 5.18. The number of H-pyrrole nitrogens is 1. The number of likely N-dealkylation sites (N-methyl/N-ethyl adjacent to an activating group) is 1. The minimum absolute atomic E-state index is 0.0218. The number of benzene rings is 1. The molecule has 2 atom stereocenters. The van der Waals surface area contributed by atoms with E-state index in [0.29, 0.717) is 18.9 Å². The van der Waals surface area contributed by atoms with Crippen LogP contribution < -0.4 is 0 Å². The van der Waals surface area contributed by atoms with E-state index in [2.05, 4.69) is 10.2 Å². The summed E-state index contributed by atoms with van der Waals surface area (Å²) in [6, 6.07) is 1.68. The SMILES string of the molecule is CN(Cc1cn[nH]c1)[C@@H](CC1CC1)C(O)c1c(F)cc(Cl)cc1F. The number of hydrogen-bond donors (Lipinski definition) is 2. The molecule has 0 amide bonds.